The van der Waals surface area contributed by atoms with Gasteiger partial charge in [-0.2, -0.15) is 5.26 Å². The Morgan fingerprint density at radius 3 is 3.12 bits per heavy atom. The Morgan fingerprint density at radius 1 is 1.75 bits per heavy atom. The number of likely N-dealkylation sites (tertiary alicyclic amines) is 1. The monoisotopic (exact) mass is 233 g/mol. The molecule has 1 aromatic heterocycles. The van der Waals surface area contributed by atoms with Gasteiger partial charge in [-0.3, -0.25) is 4.79 Å². The highest BCUT2D eigenvalue weighted by Crippen LogP contribution is 2.22. The Balaban J connectivity index is 2.11. The van der Waals surface area contributed by atoms with E-state index in [9.17, 15) is 4.79 Å². The Bertz CT molecular complexity index is 466. The first-order valence-corrected chi connectivity index (χ1v) is 5.89. The van der Waals surface area contributed by atoms with E-state index in [4.69, 9.17) is 5.26 Å². The minimum Gasteiger partial charge on any atom is -0.334 e. The van der Waals surface area contributed by atoms with Crippen molar-refractivity contribution in [3.63, 3.8) is 0 Å². The molecule has 0 aliphatic carbocycles. The van der Waals surface area contributed by atoms with Crippen molar-refractivity contribution in [2.75, 3.05) is 13.1 Å². The van der Waals surface area contributed by atoms with Crippen LogP contribution in [0.15, 0.2) is 11.6 Å². The molecule has 1 aliphatic heterocycles. The minimum atomic E-state index is -0.0687. The Labute approximate surface area is 97.8 Å². The van der Waals surface area contributed by atoms with Gasteiger partial charge in [0, 0.05) is 13.1 Å². The number of carbonyl (C=O) groups is 1. The van der Waals surface area contributed by atoms with Gasteiger partial charge in [0.25, 0.3) is 5.91 Å². The van der Waals surface area contributed by atoms with Crippen molar-refractivity contribution >= 4 is 23.3 Å². The van der Waals surface area contributed by atoms with Crippen LogP contribution in [0.5, 0.6) is 0 Å². The van der Waals surface area contributed by atoms with Crippen molar-refractivity contribution in [2.24, 2.45) is 5.92 Å². The first-order chi connectivity index (χ1) is 7.76. The van der Waals surface area contributed by atoms with E-state index in [1.165, 1.54) is 11.3 Å². The van der Waals surface area contributed by atoms with Crippen LogP contribution in [0.3, 0.4) is 0 Å². The van der Waals surface area contributed by atoms with Crippen LogP contribution in [0.25, 0.3) is 6.08 Å². The van der Waals surface area contributed by atoms with Gasteiger partial charge in [0.15, 0.2) is 0 Å². The van der Waals surface area contributed by atoms with Gasteiger partial charge in [-0.25, -0.2) is 4.98 Å². The lowest BCUT2D eigenvalue weighted by atomic mass is 10.0. The van der Waals surface area contributed by atoms with E-state index in [1.54, 1.807) is 10.4 Å². The summed E-state index contributed by atoms with van der Waals surface area (Å²) in [6, 6.07) is 2.15. The molecular formula is C11H11N3OS. The van der Waals surface area contributed by atoms with Gasteiger partial charge in [0.2, 0.25) is 0 Å². The van der Waals surface area contributed by atoms with Gasteiger partial charge in [-0.1, -0.05) is 6.08 Å². The molecule has 2 heterocycles. The molecule has 16 heavy (non-hydrogen) atoms. The molecule has 1 aliphatic rings. The summed E-state index contributed by atoms with van der Waals surface area (Å²) in [4.78, 5) is 18.6. The lowest BCUT2D eigenvalue weighted by Gasteiger charge is -2.34. The van der Waals surface area contributed by atoms with Gasteiger partial charge in [0.1, 0.15) is 5.69 Å². The normalized spacial score (nSPS) is 16.1. The third-order valence-electron chi connectivity index (χ3n) is 2.47. The fourth-order valence-electron chi connectivity index (χ4n) is 1.56. The van der Waals surface area contributed by atoms with Crippen LogP contribution in [-0.2, 0) is 0 Å². The summed E-state index contributed by atoms with van der Waals surface area (Å²) in [7, 11) is 0. The first kappa shape index (κ1) is 10.8. The molecule has 0 atom stereocenters. The summed E-state index contributed by atoms with van der Waals surface area (Å²) in [6.07, 6.45) is 3.77. The SMILES string of the molecule is C/C=C\c1scnc1C(=O)N1CC(C#N)C1. The van der Waals surface area contributed by atoms with E-state index in [0.717, 1.165) is 4.88 Å². The van der Waals surface area contributed by atoms with Crippen molar-refractivity contribution in [1.82, 2.24) is 9.88 Å². The quantitative estimate of drug-likeness (QED) is 0.782. The summed E-state index contributed by atoms with van der Waals surface area (Å²) in [6.45, 7) is 2.97. The molecule has 0 spiro atoms. The maximum Gasteiger partial charge on any atom is 0.274 e. The molecule has 1 fully saturated rings. The highest BCUT2D eigenvalue weighted by Gasteiger charge is 2.32. The number of allylic oxidation sites excluding steroid dienone is 1. The van der Waals surface area contributed by atoms with Crippen molar-refractivity contribution in [1.29, 1.82) is 5.26 Å². The van der Waals surface area contributed by atoms with E-state index in [2.05, 4.69) is 11.1 Å². The van der Waals surface area contributed by atoms with Crippen LogP contribution >= 0.6 is 11.3 Å². The molecule has 0 bridgehead atoms. The van der Waals surface area contributed by atoms with E-state index >= 15 is 0 Å². The zero-order valence-electron chi connectivity index (χ0n) is 8.88. The summed E-state index contributed by atoms with van der Waals surface area (Å²) in [5.41, 5.74) is 2.17. The Hall–Kier alpha value is -1.67. The van der Waals surface area contributed by atoms with Crippen LogP contribution in [0.4, 0.5) is 0 Å². The maximum atomic E-state index is 12.0. The summed E-state index contributed by atoms with van der Waals surface area (Å²) in [5, 5.41) is 8.64. The molecule has 1 aromatic rings. The second-order valence-electron chi connectivity index (χ2n) is 3.60. The van der Waals surface area contributed by atoms with Crippen molar-refractivity contribution in [2.45, 2.75) is 6.92 Å². The summed E-state index contributed by atoms with van der Waals surface area (Å²) < 4.78 is 0. The van der Waals surface area contributed by atoms with Crippen molar-refractivity contribution in [3.05, 3.63) is 22.2 Å². The maximum absolute atomic E-state index is 12.0. The van der Waals surface area contributed by atoms with Gasteiger partial charge < -0.3 is 4.90 Å². The number of nitriles is 1. The molecule has 0 N–H and O–H groups in total. The third kappa shape index (κ3) is 1.84. The minimum absolute atomic E-state index is 0.00671. The van der Waals surface area contributed by atoms with Gasteiger partial charge in [-0.15, -0.1) is 11.3 Å². The molecule has 82 valence electrons. The average Bonchev–Trinajstić information content (AvgIpc) is 2.65. The van der Waals surface area contributed by atoms with Crippen molar-refractivity contribution in [3.8, 4) is 6.07 Å². The first-order valence-electron chi connectivity index (χ1n) is 5.01. The molecule has 0 aromatic carbocycles. The lowest BCUT2D eigenvalue weighted by Crippen LogP contribution is -2.49. The topological polar surface area (TPSA) is 57.0 Å². The zero-order valence-corrected chi connectivity index (χ0v) is 9.70. The highest BCUT2D eigenvalue weighted by atomic mass is 32.1. The average molecular weight is 233 g/mol. The largest absolute Gasteiger partial charge is 0.334 e. The predicted octanol–water partition coefficient (Wildman–Crippen LogP) is 1.77. The molecule has 2 rings (SSSR count). The standard InChI is InChI=1S/C11H11N3OS/c1-2-3-9-10(13-7-16-9)11(15)14-5-8(4-12)6-14/h2-3,7-8H,5-6H2,1H3/b3-2-. The van der Waals surface area contributed by atoms with Crippen molar-refractivity contribution < 1.29 is 4.79 Å². The van der Waals surface area contributed by atoms with Crippen LogP contribution in [0, 0.1) is 17.2 Å². The predicted molar refractivity (Wildman–Crippen MR) is 61.8 cm³/mol. The number of nitrogens with zero attached hydrogens (tertiary/aromatic N) is 3. The number of amides is 1. The lowest BCUT2D eigenvalue weighted by molar-refractivity contribution is 0.0572. The second kappa shape index (κ2) is 4.45. The summed E-state index contributed by atoms with van der Waals surface area (Å²) in [5.74, 6) is -0.0754. The number of rotatable bonds is 2. The Morgan fingerprint density at radius 2 is 2.50 bits per heavy atom. The number of hydrogen-bond acceptors (Lipinski definition) is 4. The van der Waals surface area contributed by atoms with E-state index in [1.807, 2.05) is 19.1 Å². The number of carbonyl (C=O) groups excluding carboxylic acids is 1. The van der Waals surface area contributed by atoms with Crippen LogP contribution in [-0.4, -0.2) is 28.9 Å². The molecular weight excluding hydrogens is 222 g/mol. The van der Waals surface area contributed by atoms with Gasteiger partial charge in [-0.05, 0) is 13.0 Å². The highest BCUT2D eigenvalue weighted by molar-refractivity contribution is 7.10. The fraction of sp³-hybridized carbons (Fsp3) is 0.364. The Kier molecular flexibility index (Phi) is 3.02. The molecule has 5 heteroatoms. The molecule has 1 amide bonds. The molecule has 1 saturated heterocycles. The number of thiazole rings is 1. The number of aromatic nitrogens is 1. The smallest absolute Gasteiger partial charge is 0.274 e. The zero-order chi connectivity index (χ0) is 11.5. The summed E-state index contributed by atoms with van der Waals surface area (Å²) >= 11 is 1.45. The van der Waals surface area contributed by atoms with Crippen LogP contribution < -0.4 is 0 Å². The fourth-order valence-corrected chi connectivity index (χ4v) is 2.30. The second-order valence-corrected chi connectivity index (χ2v) is 4.49. The third-order valence-corrected chi connectivity index (χ3v) is 3.26. The van der Waals surface area contributed by atoms with E-state index < -0.39 is 0 Å². The van der Waals surface area contributed by atoms with Crippen LogP contribution in [0.2, 0.25) is 0 Å². The van der Waals surface area contributed by atoms with E-state index in [-0.39, 0.29) is 11.8 Å². The molecule has 0 unspecified atom stereocenters. The molecule has 0 radical (unpaired) electrons. The molecule has 4 nitrogen and oxygen atoms in total. The number of hydrogen-bond donors (Lipinski definition) is 0. The van der Waals surface area contributed by atoms with E-state index in [0.29, 0.717) is 18.8 Å². The van der Waals surface area contributed by atoms with Crippen LogP contribution in [0.1, 0.15) is 22.3 Å². The van der Waals surface area contributed by atoms with Gasteiger partial charge >= 0.3 is 0 Å². The molecule has 0 saturated carbocycles. The van der Waals surface area contributed by atoms with Gasteiger partial charge in [0.05, 0.1) is 22.4 Å².